The van der Waals surface area contributed by atoms with Gasteiger partial charge in [0.15, 0.2) is 0 Å². The highest BCUT2D eigenvalue weighted by atomic mass is 35.5. The molecule has 0 saturated heterocycles. The van der Waals surface area contributed by atoms with Crippen LogP contribution in [0.5, 0.6) is 0 Å². The summed E-state index contributed by atoms with van der Waals surface area (Å²) < 4.78 is 20.8. The Morgan fingerprint density at radius 2 is 1.25 bits per heavy atom. The van der Waals surface area contributed by atoms with Crippen LogP contribution in [0.3, 0.4) is 0 Å². The van der Waals surface area contributed by atoms with Crippen molar-refractivity contribution >= 4 is 12.4 Å². The van der Waals surface area contributed by atoms with Crippen LogP contribution in [-0.2, 0) is 18.9 Å². The summed E-state index contributed by atoms with van der Waals surface area (Å²) in [5.41, 5.74) is 5.32. The van der Waals surface area contributed by atoms with Crippen molar-refractivity contribution in [3.05, 3.63) is 0 Å². The topological polar surface area (TPSA) is 103 Å². The Morgan fingerprint density at radius 3 is 1.70 bits per heavy atom. The van der Waals surface area contributed by atoms with Crippen molar-refractivity contribution in [1.82, 2.24) is 0 Å². The third-order valence-corrected chi connectivity index (χ3v) is 2.13. The number of rotatable bonds is 15. The summed E-state index contributed by atoms with van der Waals surface area (Å²) in [5, 5.41) is 17.5. The number of halogens is 1. The summed E-state index contributed by atoms with van der Waals surface area (Å²) in [7, 11) is 0. The van der Waals surface area contributed by atoms with E-state index in [1.165, 1.54) is 0 Å². The van der Waals surface area contributed by atoms with Gasteiger partial charge in [-0.15, -0.1) is 12.4 Å². The van der Waals surface area contributed by atoms with Crippen molar-refractivity contribution in [1.29, 1.82) is 0 Å². The van der Waals surface area contributed by atoms with E-state index in [1.54, 1.807) is 0 Å². The Kier molecular flexibility index (Phi) is 21.2. The molecule has 0 aliphatic carbocycles. The molecule has 4 N–H and O–H groups in total. The van der Waals surface area contributed by atoms with Crippen LogP contribution >= 0.6 is 12.4 Å². The summed E-state index contributed by atoms with van der Waals surface area (Å²) in [4.78, 5) is 0. The maximum Gasteiger partial charge on any atom is 0.100 e. The fourth-order valence-electron chi connectivity index (χ4n) is 1.12. The van der Waals surface area contributed by atoms with Gasteiger partial charge < -0.3 is 34.9 Å². The van der Waals surface area contributed by atoms with E-state index in [1.807, 2.05) is 0 Å². The van der Waals surface area contributed by atoms with Gasteiger partial charge in [-0.1, -0.05) is 0 Å². The molecule has 0 saturated carbocycles. The summed E-state index contributed by atoms with van der Waals surface area (Å²) >= 11 is 0. The molecule has 124 valence electrons. The normalized spacial score (nSPS) is 12.2. The number of aliphatic hydroxyl groups excluding tert-OH is 2. The van der Waals surface area contributed by atoms with E-state index in [4.69, 9.17) is 34.9 Å². The van der Waals surface area contributed by atoms with Gasteiger partial charge in [0.25, 0.3) is 0 Å². The SMILES string of the molecule is Cl.NCCCOCCOCCOCCOCC(O)CO. The molecule has 7 nitrogen and oxygen atoms in total. The van der Waals surface area contributed by atoms with Crippen molar-refractivity contribution < 1.29 is 29.2 Å². The molecule has 0 aromatic heterocycles. The molecule has 0 aliphatic rings. The molecule has 0 bridgehead atoms. The minimum atomic E-state index is -0.817. The molecule has 0 radical (unpaired) electrons. The van der Waals surface area contributed by atoms with Crippen LogP contribution in [0, 0.1) is 0 Å². The van der Waals surface area contributed by atoms with Crippen LogP contribution in [0.4, 0.5) is 0 Å². The smallest absolute Gasteiger partial charge is 0.100 e. The van der Waals surface area contributed by atoms with E-state index in [9.17, 15) is 0 Å². The van der Waals surface area contributed by atoms with Gasteiger partial charge in [-0.05, 0) is 13.0 Å². The lowest BCUT2D eigenvalue weighted by atomic mass is 10.4. The molecule has 0 spiro atoms. The monoisotopic (exact) mass is 317 g/mol. The summed E-state index contributed by atoms with van der Waals surface area (Å²) in [6.45, 7) is 4.11. The number of hydrogen-bond acceptors (Lipinski definition) is 7. The van der Waals surface area contributed by atoms with E-state index in [0.717, 1.165) is 6.42 Å². The highest BCUT2D eigenvalue weighted by Gasteiger charge is 2.00. The van der Waals surface area contributed by atoms with Gasteiger partial charge in [-0.3, -0.25) is 0 Å². The predicted octanol–water partition coefficient (Wildman–Crippen LogP) is -0.823. The van der Waals surface area contributed by atoms with E-state index in [2.05, 4.69) is 0 Å². The second-order valence-corrected chi connectivity index (χ2v) is 3.89. The van der Waals surface area contributed by atoms with E-state index in [-0.39, 0.29) is 25.6 Å². The highest BCUT2D eigenvalue weighted by molar-refractivity contribution is 5.85. The summed E-state index contributed by atoms with van der Waals surface area (Å²) in [6, 6.07) is 0. The third kappa shape index (κ3) is 18.0. The van der Waals surface area contributed by atoms with Gasteiger partial charge in [0.2, 0.25) is 0 Å². The molecule has 20 heavy (non-hydrogen) atoms. The molecule has 1 atom stereocenters. The van der Waals surface area contributed by atoms with Crippen LogP contribution in [-0.4, -0.2) is 82.3 Å². The second kappa shape index (κ2) is 19.0. The van der Waals surface area contributed by atoms with E-state index >= 15 is 0 Å². The molecule has 0 aliphatic heterocycles. The first-order valence-electron chi connectivity index (χ1n) is 6.61. The Labute approximate surface area is 126 Å². The maximum atomic E-state index is 8.98. The van der Waals surface area contributed by atoms with Crippen LogP contribution in [0.25, 0.3) is 0 Å². The minimum Gasteiger partial charge on any atom is -0.394 e. The Morgan fingerprint density at radius 1 is 0.800 bits per heavy atom. The minimum absolute atomic E-state index is 0. The zero-order chi connectivity index (χ0) is 14.2. The van der Waals surface area contributed by atoms with Crippen LogP contribution in [0.2, 0.25) is 0 Å². The largest absolute Gasteiger partial charge is 0.394 e. The number of hydrogen-bond donors (Lipinski definition) is 3. The highest BCUT2D eigenvalue weighted by Crippen LogP contribution is 1.86. The average molecular weight is 318 g/mol. The molecule has 0 heterocycles. The molecule has 0 aromatic rings. The number of aliphatic hydroxyl groups is 2. The van der Waals surface area contributed by atoms with Crippen molar-refractivity contribution in [2.75, 3.05) is 66.0 Å². The molecule has 0 rings (SSSR count). The van der Waals surface area contributed by atoms with Gasteiger partial charge in [-0.2, -0.15) is 0 Å². The maximum absolute atomic E-state index is 8.98. The fraction of sp³-hybridized carbons (Fsp3) is 1.00. The number of ether oxygens (including phenoxy) is 4. The van der Waals surface area contributed by atoms with Gasteiger partial charge in [-0.25, -0.2) is 0 Å². The van der Waals surface area contributed by atoms with Crippen LogP contribution < -0.4 is 5.73 Å². The molecule has 0 fully saturated rings. The molecule has 0 aromatic carbocycles. The first kappa shape index (κ1) is 22.3. The van der Waals surface area contributed by atoms with Gasteiger partial charge >= 0.3 is 0 Å². The summed E-state index contributed by atoms with van der Waals surface area (Å²) in [6.07, 6.45) is 0.0521. The molecule has 0 amide bonds. The lowest BCUT2D eigenvalue weighted by Gasteiger charge is -2.09. The lowest BCUT2D eigenvalue weighted by molar-refractivity contribution is -0.0267. The second-order valence-electron chi connectivity index (χ2n) is 3.89. The lowest BCUT2D eigenvalue weighted by Crippen LogP contribution is -2.21. The van der Waals surface area contributed by atoms with Crippen molar-refractivity contribution in [3.63, 3.8) is 0 Å². The van der Waals surface area contributed by atoms with Crippen LogP contribution in [0.15, 0.2) is 0 Å². The van der Waals surface area contributed by atoms with Crippen molar-refractivity contribution in [2.45, 2.75) is 12.5 Å². The van der Waals surface area contributed by atoms with E-state index < -0.39 is 6.10 Å². The Hall–Kier alpha value is 0.01000. The molecule has 1 unspecified atom stereocenters. The molecular weight excluding hydrogens is 290 g/mol. The zero-order valence-corrected chi connectivity index (χ0v) is 12.7. The number of nitrogens with two attached hydrogens (primary N) is 1. The Bertz CT molecular complexity index is 178. The fourth-order valence-corrected chi connectivity index (χ4v) is 1.12. The standard InChI is InChI=1S/C12H27NO6.ClH/c13-2-1-3-16-4-5-17-6-7-18-8-9-19-11-12(15)10-14;/h12,14-15H,1-11,13H2;1H. The van der Waals surface area contributed by atoms with Crippen molar-refractivity contribution in [2.24, 2.45) is 5.73 Å². The van der Waals surface area contributed by atoms with Gasteiger partial charge in [0.1, 0.15) is 6.10 Å². The third-order valence-electron chi connectivity index (χ3n) is 2.13. The van der Waals surface area contributed by atoms with Gasteiger partial charge in [0.05, 0.1) is 52.9 Å². The van der Waals surface area contributed by atoms with E-state index in [0.29, 0.717) is 52.8 Å². The molecular formula is C12H28ClNO6. The quantitative estimate of drug-likeness (QED) is 0.339. The summed E-state index contributed by atoms with van der Waals surface area (Å²) in [5.74, 6) is 0. The van der Waals surface area contributed by atoms with Gasteiger partial charge in [0, 0.05) is 6.61 Å². The van der Waals surface area contributed by atoms with Crippen LogP contribution in [0.1, 0.15) is 6.42 Å². The first-order valence-corrected chi connectivity index (χ1v) is 6.61. The zero-order valence-electron chi connectivity index (χ0n) is 11.9. The predicted molar refractivity (Wildman–Crippen MR) is 77.3 cm³/mol. The average Bonchev–Trinajstić information content (AvgIpc) is 2.43. The van der Waals surface area contributed by atoms with Crippen molar-refractivity contribution in [3.8, 4) is 0 Å². The first-order chi connectivity index (χ1) is 9.31. The Balaban J connectivity index is 0. The molecule has 8 heteroatoms.